The monoisotopic (exact) mass is 438 g/mol. The van der Waals surface area contributed by atoms with Gasteiger partial charge in [-0.25, -0.2) is 13.8 Å². The van der Waals surface area contributed by atoms with Gasteiger partial charge >= 0.3 is 5.69 Å². The molecule has 1 aromatic heterocycles. The van der Waals surface area contributed by atoms with Crippen LogP contribution in [0.1, 0.15) is 41.9 Å². The number of halogens is 1. The van der Waals surface area contributed by atoms with Gasteiger partial charge in [-0.15, -0.1) is 0 Å². The van der Waals surface area contributed by atoms with Gasteiger partial charge in [0, 0.05) is 13.2 Å². The minimum Gasteiger partial charge on any atom is -0.376 e. The van der Waals surface area contributed by atoms with Gasteiger partial charge in [-0.05, 0) is 37.5 Å². The number of ether oxygens (including phenoxy) is 1. The molecule has 166 valence electrons. The molecule has 32 heavy (non-hydrogen) atoms. The number of amides is 1. The summed E-state index contributed by atoms with van der Waals surface area (Å²) in [5, 5.41) is 6.61. The summed E-state index contributed by atoms with van der Waals surface area (Å²) in [6.45, 7) is 2.50. The number of rotatable bonds is 6. The van der Waals surface area contributed by atoms with E-state index in [4.69, 9.17) is 4.74 Å². The van der Waals surface area contributed by atoms with E-state index in [0.717, 1.165) is 22.1 Å². The summed E-state index contributed by atoms with van der Waals surface area (Å²) in [5.41, 5.74) is -1.65. The number of carbonyl (C=O) groups excluding carboxylic acids is 1. The Labute approximate surface area is 183 Å². The predicted octanol–water partition coefficient (Wildman–Crippen LogP) is 2.05. The van der Waals surface area contributed by atoms with Gasteiger partial charge in [-0.1, -0.05) is 42.5 Å². The molecule has 0 aliphatic carbocycles. The molecule has 0 bridgehead atoms. The molecule has 8 nitrogen and oxygen atoms in total. The third-order valence-electron chi connectivity index (χ3n) is 5.49. The first-order valence-electron chi connectivity index (χ1n) is 10.4. The highest BCUT2D eigenvalue weighted by Gasteiger charge is 2.25. The van der Waals surface area contributed by atoms with Crippen molar-refractivity contribution in [3.8, 4) is 5.69 Å². The first kappa shape index (κ1) is 21.6. The van der Waals surface area contributed by atoms with E-state index in [1.165, 1.54) is 18.2 Å². The molecule has 1 N–H and O–H groups in total. The van der Waals surface area contributed by atoms with Crippen LogP contribution >= 0.6 is 0 Å². The number of benzene rings is 2. The van der Waals surface area contributed by atoms with E-state index in [1.54, 1.807) is 37.3 Å². The van der Waals surface area contributed by atoms with Gasteiger partial charge < -0.3 is 10.1 Å². The molecule has 1 aliphatic heterocycles. The number of carbonyl (C=O) groups is 1. The van der Waals surface area contributed by atoms with Crippen LogP contribution in [-0.4, -0.2) is 39.5 Å². The summed E-state index contributed by atoms with van der Waals surface area (Å²) in [6.07, 6.45) is 1.57. The Bertz CT molecular complexity index is 1230. The number of hydrogen-bond donors (Lipinski definition) is 1. The number of para-hydroxylation sites is 1. The molecular formula is C23H23FN4O4. The first-order valence-corrected chi connectivity index (χ1v) is 10.4. The fourth-order valence-corrected chi connectivity index (χ4v) is 3.73. The van der Waals surface area contributed by atoms with Crippen molar-refractivity contribution in [1.82, 2.24) is 19.7 Å². The van der Waals surface area contributed by atoms with E-state index >= 15 is 0 Å². The molecule has 0 saturated carbocycles. The number of nitrogens with zero attached hydrogens (tertiary/aromatic N) is 3. The summed E-state index contributed by atoms with van der Waals surface area (Å²) in [7, 11) is 0. The molecule has 0 unspecified atom stereocenters. The molecule has 1 saturated heterocycles. The van der Waals surface area contributed by atoms with Crippen molar-refractivity contribution in [3.05, 3.63) is 92.5 Å². The molecule has 2 aromatic carbocycles. The summed E-state index contributed by atoms with van der Waals surface area (Å²) < 4.78 is 21.7. The summed E-state index contributed by atoms with van der Waals surface area (Å²) in [6, 6.07) is 13.8. The third-order valence-corrected chi connectivity index (χ3v) is 5.49. The van der Waals surface area contributed by atoms with Gasteiger partial charge in [0.2, 0.25) is 5.69 Å². The Balaban J connectivity index is 1.83. The van der Waals surface area contributed by atoms with Crippen LogP contribution < -0.4 is 16.6 Å². The second kappa shape index (κ2) is 9.27. The highest BCUT2D eigenvalue weighted by atomic mass is 19.1. The van der Waals surface area contributed by atoms with E-state index in [2.05, 4.69) is 10.4 Å². The summed E-state index contributed by atoms with van der Waals surface area (Å²) >= 11 is 0. The van der Waals surface area contributed by atoms with Crippen molar-refractivity contribution in [3.63, 3.8) is 0 Å². The summed E-state index contributed by atoms with van der Waals surface area (Å²) in [4.78, 5) is 39.3. The van der Waals surface area contributed by atoms with Crippen LogP contribution in [0.5, 0.6) is 0 Å². The topological polar surface area (TPSA) is 95.2 Å². The average Bonchev–Trinajstić information content (AvgIpc) is 3.33. The third kappa shape index (κ3) is 4.24. The molecule has 4 rings (SSSR count). The molecular weight excluding hydrogens is 415 g/mol. The van der Waals surface area contributed by atoms with Gasteiger partial charge in [0.05, 0.1) is 12.1 Å². The zero-order chi connectivity index (χ0) is 22.7. The Morgan fingerprint density at radius 2 is 1.91 bits per heavy atom. The molecule has 2 atom stereocenters. The average molecular weight is 438 g/mol. The van der Waals surface area contributed by atoms with Gasteiger partial charge in [0.25, 0.3) is 11.5 Å². The molecule has 0 radical (unpaired) electrons. The second-order valence-corrected chi connectivity index (χ2v) is 7.60. The maximum Gasteiger partial charge on any atom is 0.352 e. The highest BCUT2D eigenvalue weighted by molar-refractivity contribution is 5.91. The zero-order valence-corrected chi connectivity index (χ0v) is 17.5. The van der Waals surface area contributed by atoms with Crippen LogP contribution in [0, 0.1) is 5.82 Å². The van der Waals surface area contributed by atoms with Crippen molar-refractivity contribution in [1.29, 1.82) is 0 Å². The van der Waals surface area contributed by atoms with Gasteiger partial charge in [0.1, 0.15) is 11.5 Å². The normalized spacial score (nSPS) is 16.6. The summed E-state index contributed by atoms with van der Waals surface area (Å²) in [5.74, 6) is -1.45. The molecule has 3 aromatic rings. The Hall–Kier alpha value is -3.59. The lowest BCUT2D eigenvalue weighted by Crippen LogP contribution is -2.47. The maximum absolute atomic E-state index is 14.5. The number of nitrogens with one attached hydrogen (secondary N) is 1. The standard InChI is InChI=1S/C23H23FN4O4/c1-15(16-8-3-2-4-9-16)27-22(30)20(21(29)25-14-17-10-7-13-32-17)26-28(23(27)31)19-12-6-5-11-18(19)24/h2-6,8-9,11-12,15,17H,7,10,13-14H2,1H3,(H,25,29)/t15-,17+/m1/s1. The van der Waals surface area contributed by atoms with Gasteiger partial charge in [-0.2, -0.15) is 9.78 Å². The molecule has 1 amide bonds. The number of aromatic nitrogens is 3. The lowest BCUT2D eigenvalue weighted by molar-refractivity contribution is 0.0849. The maximum atomic E-state index is 14.5. The lowest BCUT2D eigenvalue weighted by atomic mass is 10.1. The van der Waals surface area contributed by atoms with Crippen LogP contribution in [0.15, 0.2) is 64.2 Å². The zero-order valence-electron chi connectivity index (χ0n) is 17.5. The van der Waals surface area contributed by atoms with Crippen LogP contribution in [-0.2, 0) is 4.74 Å². The van der Waals surface area contributed by atoms with E-state index in [0.29, 0.717) is 12.2 Å². The Morgan fingerprint density at radius 1 is 1.19 bits per heavy atom. The minimum absolute atomic E-state index is 0.137. The second-order valence-electron chi connectivity index (χ2n) is 7.60. The quantitative estimate of drug-likeness (QED) is 0.636. The van der Waals surface area contributed by atoms with Crippen molar-refractivity contribution in [2.75, 3.05) is 13.2 Å². The van der Waals surface area contributed by atoms with Crippen LogP contribution in [0.25, 0.3) is 5.69 Å². The first-order chi connectivity index (χ1) is 15.5. The SMILES string of the molecule is C[C@H](c1ccccc1)n1c(=O)c(C(=O)NC[C@@H]2CCCO2)nn(-c2ccccc2F)c1=O. The van der Waals surface area contributed by atoms with Crippen molar-refractivity contribution < 1.29 is 13.9 Å². The van der Waals surface area contributed by atoms with Crippen LogP contribution in [0.3, 0.4) is 0 Å². The minimum atomic E-state index is -0.844. The Morgan fingerprint density at radius 3 is 2.59 bits per heavy atom. The molecule has 1 fully saturated rings. The van der Waals surface area contributed by atoms with Crippen LogP contribution in [0.2, 0.25) is 0 Å². The van der Waals surface area contributed by atoms with E-state index < -0.39 is 34.7 Å². The van der Waals surface area contributed by atoms with E-state index in [9.17, 15) is 18.8 Å². The van der Waals surface area contributed by atoms with Crippen LogP contribution in [0.4, 0.5) is 4.39 Å². The van der Waals surface area contributed by atoms with E-state index in [1.807, 2.05) is 6.07 Å². The Kier molecular flexibility index (Phi) is 6.27. The van der Waals surface area contributed by atoms with Crippen molar-refractivity contribution in [2.24, 2.45) is 0 Å². The van der Waals surface area contributed by atoms with Crippen molar-refractivity contribution >= 4 is 5.91 Å². The fraction of sp³-hybridized carbons (Fsp3) is 0.304. The highest BCUT2D eigenvalue weighted by Crippen LogP contribution is 2.15. The molecule has 2 heterocycles. The molecule has 1 aliphatic rings. The fourth-order valence-electron chi connectivity index (χ4n) is 3.73. The van der Waals surface area contributed by atoms with Gasteiger partial charge in [0.15, 0.2) is 0 Å². The smallest absolute Gasteiger partial charge is 0.352 e. The lowest BCUT2D eigenvalue weighted by Gasteiger charge is -2.18. The number of hydrogen-bond acceptors (Lipinski definition) is 5. The predicted molar refractivity (Wildman–Crippen MR) is 116 cm³/mol. The molecule has 9 heteroatoms. The largest absolute Gasteiger partial charge is 0.376 e. The van der Waals surface area contributed by atoms with Crippen molar-refractivity contribution in [2.45, 2.75) is 31.9 Å². The van der Waals surface area contributed by atoms with Gasteiger partial charge in [-0.3, -0.25) is 9.59 Å². The molecule has 0 spiro atoms. The van der Waals surface area contributed by atoms with E-state index in [-0.39, 0.29) is 18.3 Å².